The first kappa shape index (κ1) is 16.6. The number of benzene rings is 1. The third kappa shape index (κ3) is 5.21. The average molecular weight is 304 g/mol. The highest BCUT2D eigenvalue weighted by atomic mass is 35.5. The summed E-state index contributed by atoms with van der Waals surface area (Å²) in [6, 6.07) is 3.89. The summed E-state index contributed by atoms with van der Waals surface area (Å²) < 4.78 is 5.61. The van der Waals surface area contributed by atoms with E-state index in [-0.39, 0.29) is 6.04 Å². The van der Waals surface area contributed by atoms with Crippen molar-refractivity contribution in [3.63, 3.8) is 0 Å². The zero-order valence-corrected chi connectivity index (χ0v) is 13.4. The van der Waals surface area contributed by atoms with Gasteiger partial charge in [0, 0.05) is 11.1 Å². The average Bonchev–Trinajstić information content (AvgIpc) is 2.33. The molecule has 0 saturated heterocycles. The van der Waals surface area contributed by atoms with Crippen molar-refractivity contribution in [2.24, 2.45) is 11.7 Å². The SMILES string of the molecule is CCOc1c(Cl)cc(Cl)cc1CCCC(N)C(C)C. The van der Waals surface area contributed by atoms with E-state index in [0.717, 1.165) is 30.6 Å². The van der Waals surface area contributed by atoms with Crippen LogP contribution in [0.5, 0.6) is 5.75 Å². The van der Waals surface area contributed by atoms with Gasteiger partial charge in [-0.3, -0.25) is 0 Å². The van der Waals surface area contributed by atoms with Crippen molar-refractivity contribution < 1.29 is 4.74 Å². The van der Waals surface area contributed by atoms with Crippen LogP contribution in [-0.4, -0.2) is 12.6 Å². The minimum Gasteiger partial charge on any atom is -0.492 e. The molecule has 1 aromatic rings. The van der Waals surface area contributed by atoms with Crippen LogP contribution < -0.4 is 10.5 Å². The molecular weight excluding hydrogens is 281 g/mol. The van der Waals surface area contributed by atoms with Crippen molar-refractivity contribution in [1.82, 2.24) is 0 Å². The first-order valence-corrected chi connectivity index (χ1v) is 7.57. The lowest BCUT2D eigenvalue weighted by atomic mass is 9.97. The first-order valence-electron chi connectivity index (χ1n) is 6.82. The molecule has 0 radical (unpaired) electrons. The standard InChI is InChI=1S/C15H23Cl2NO/c1-4-19-15-11(8-12(16)9-13(15)17)6-5-7-14(18)10(2)3/h8-10,14H,4-7,18H2,1-3H3. The molecule has 4 heteroatoms. The van der Waals surface area contributed by atoms with Gasteiger partial charge in [-0.25, -0.2) is 0 Å². The van der Waals surface area contributed by atoms with Crippen LogP contribution in [0, 0.1) is 5.92 Å². The Morgan fingerprint density at radius 3 is 2.53 bits per heavy atom. The number of hydrogen-bond donors (Lipinski definition) is 1. The molecule has 1 rings (SSSR count). The van der Waals surface area contributed by atoms with E-state index >= 15 is 0 Å². The predicted molar refractivity (Wildman–Crippen MR) is 83.4 cm³/mol. The van der Waals surface area contributed by atoms with E-state index in [4.69, 9.17) is 33.7 Å². The topological polar surface area (TPSA) is 35.2 Å². The molecule has 0 heterocycles. The zero-order chi connectivity index (χ0) is 14.4. The third-order valence-corrected chi connectivity index (χ3v) is 3.71. The van der Waals surface area contributed by atoms with Crippen molar-refractivity contribution in [2.75, 3.05) is 6.61 Å². The van der Waals surface area contributed by atoms with E-state index in [1.165, 1.54) is 0 Å². The van der Waals surface area contributed by atoms with Gasteiger partial charge in [0.2, 0.25) is 0 Å². The fraction of sp³-hybridized carbons (Fsp3) is 0.600. The molecule has 0 aromatic heterocycles. The largest absolute Gasteiger partial charge is 0.492 e. The Bertz CT molecular complexity index is 407. The van der Waals surface area contributed by atoms with Gasteiger partial charge in [-0.1, -0.05) is 37.0 Å². The molecule has 1 atom stereocenters. The molecule has 0 spiro atoms. The van der Waals surface area contributed by atoms with Gasteiger partial charge in [-0.05, 0) is 49.8 Å². The summed E-state index contributed by atoms with van der Waals surface area (Å²) >= 11 is 12.2. The van der Waals surface area contributed by atoms with E-state index in [1.807, 2.05) is 13.0 Å². The highest BCUT2D eigenvalue weighted by Crippen LogP contribution is 2.33. The second kappa shape index (κ2) is 7.98. The van der Waals surface area contributed by atoms with Crippen molar-refractivity contribution in [3.8, 4) is 5.75 Å². The second-order valence-corrected chi connectivity index (χ2v) is 5.95. The maximum Gasteiger partial charge on any atom is 0.141 e. The number of ether oxygens (including phenoxy) is 1. The van der Waals surface area contributed by atoms with E-state index in [1.54, 1.807) is 6.07 Å². The van der Waals surface area contributed by atoms with Crippen LogP contribution in [0.3, 0.4) is 0 Å². The molecule has 0 fully saturated rings. The molecule has 0 bridgehead atoms. The van der Waals surface area contributed by atoms with E-state index in [0.29, 0.717) is 22.6 Å². The Hall–Kier alpha value is -0.440. The number of hydrogen-bond acceptors (Lipinski definition) is 2. The van der Waals surface area contributed by atoms with Crippen LogP contribution in [0.15, 0.2) is 12.1 Å². The van der Waals surface area contributed by atoms with Crippen LogP contribution in [0.2, 0.25) is 10.0 Å². The molecule has 1 unspecified atom stereocenters. The normalized spacial score (nSPS) is 12.8. The fourth-order valence-corrected chi connectivity index (χ4v) is 2.56. The van der Waals surface area contributed by atoms with Crippen molar-refractivity contribution in [1.29, 1.82) is 0 Å². The number of aryl methyl sites for hydroxylation is 1. The van der Waals surface area contributed by atoms with Gasteiger partial charge in [0.1, 0.15) is 5.75 Å². The quantitative estimate of drug-likeness (QED) is 0.792. The van der Waals surface area contributed by atoms with Gasteiger partial charge in [0.15, 0.2) is 0 Å². The monoisotopic (exact) mass is 303 g/mol. The minimum atomic E-state index is 0.241. The van der Waals surface area contributed by atoms with E-state index in [9.17, 15) is 0 Å². The van der Waals surface area contributed by atoms with Gasteiger partial charge in [-0.15, -0.1) is 0 Å². The molecule has 1 aromatic carbocycles. The maximum atomic E-state index is 6.17. The molecule has 2 nitrogen and oxygen atoms in total. The van der Waals surface area contributed by atoms with Crippen LogP contribution in [0.1, 0.15) is 39.2 Å². The predicted octanol–water partition coefficient (Wildman–Crippen LogP) is 4.70. The van der Waals surface area contributed by atoms with Crippen LogP contribution in [0.4, 0.5) is 0 Å². The Morgan fingerprint density at radius 1 is 1.26 bits per heavy atom. The molecule has 0 aliphatic rings. The van der Waals surface area contributed by atoms with E-state index in [2.05, 4.69) is 13.8 Å². The summed E-state index contributed by atoms with van der Waals surface area (Å²) in [7, 11) is 0. The molecular formula is C15H23Cl2NO. The van der Waals surface area contributed by atoms with E-state index < -0.39 is 0 Å². The van der Waals surface area contributed by atoms with Gasteiger partial charge >= 0.3 is 0 Å². The molecule has 0 aliphatic heterocycles. The van der Waals surface area contributed by atoms with Crippen LogP contribution in [0.25, 0.3) is 0 Å². The maximum absolute atomic E-state index is 6.17. The lowest BCUT2D eigenvalue weighted by molar-refractivity contribution is 0.336. The molecule has 19 heavy (non-hydrogen) atoms. The Morgan fingerprint density at radius 2 is 1.95 bits per heavy atom. The highest BCUT2D eigenvalue weighted by molar-refractivity contribution is 6.35. The van der Waals surface area contributed by atoms with Gasteiger partial charge in [-0.2, -0.15) is 0 Å². The smallest absolute Gasteiger partial charge is 0.141 e. The Kier molecular flexibility index (Phi) is 6.98. The fourth-order valence-electron chi connectivity index (χ4n) is 1.97. The van der Waals surface area contributed by atoms with Crippen molar-refractivity contribution in [3.05, 3.63) is 27.7 Å². The molecule has 2 N–H and O–H groups in total. The summed E-state index contributed by atoms with van der Waals surface area (Å²) in [6.45, 7) is 6.84. The summed E-state index contributed by atoms with van der Waals surface area (Å²) in [5, 5.41) is 1.23. The van der Waals surface area contributed by atoms with Crippen LogP contribution >= 0.6 is 23.2 Å². The Balaban J connectivity index is 2.71. The third-order valence-electron chi connectivity index (χ3n) is 3.21. The number of nitrogens with two attached hydrogens (primary N) is 1. The lowest BCUT2D eigenvalue weighted by Gasteiger charge is -2.16. The summed E-state index contributed by atoms with van der Waals surface area (Å²) in [6.07, 6.45) is 2.89. The highest BCUT2D eigenvalue weighted by Gasteiger charge is 2.12. The summed E-state index contributed by atoms with van der Waals surface area (Å²) in [5.74, 6) is 1.26. The van der Waals surface area contributed by atoms with Gasteiger partial charge in [0.05, 0.1) is 11.6 Å². The second-order valence-electron chi connectivity index (χ2n) is 5.11. The van der Waals surface area contributed by atoms with Crippen LogP contribution in [-0.2, 0) is 6.42 Å². The zero-order valence-electron chi connectivity index (χ0n) is 11.9. The molecule has 0 saturated carbocycles. The summed E-state index contributed by atoms with van der Waals surface area (Å²) in [5.41, 5.74) is 7.12. The Labute approximate surface area is 126 Å². The molecule has 0 amide bonds. The lowest BCUT2D eigenvalue weighted by Crippen LogP contribution is -2.26. The summed E-state index contributed by atoms with van der Waals surface area (Å²) in [4.78, 5) is 0. The van der Waals surface area contributed by atoms with Gasteiger partial charge < -0.3 is 10.5 Å². The first-order chi connectivity index (χ1) is 8.95. The van der Waals surface area contributed by atoms with Gasteiger partial charge in [0.25, 0.3) is 0 Å². The molecule has 108 valence electrons. The number of halogens is 2. The van der Waals surface area contributed by atoms with Crippen molar-refractivity contribution >= 4 is 23.2 Å². The number of rotatable bonds is 7. The minimum absolute atomic E-state index is 0.241. The molecule has 0 aliphatic carbocycles. The van der Waals surface area contributed by atoms with Crippen molar-refractivity contribution in [2.45, 2.75) is 46.1 Å².